The highest BCUT2D eigenvalue weighted by Crippen LogP contribution is 2.37. The molecule has 0 fully saturated rings. The van der Waals surface area contributed by atoms with E-state index in [4.69, 9.17) is 4.74 Å². The Morgan fingerprint density at radius 2 is 2.10 bits per heavy atom. The van der Waals surface area contributed by atoms with E-state index in [0.29, 0.717) is 12.3 Å². The quantitative estimate of drug-likeness (QED) is 0.745. The molecule has 172 valence electrons. The molecule has 3 rings (SSSR count). The second-order valence-electron chi connectivity index (χ2n) is 8.78. The van der Waals surface area contributed by atoms with Crippen LogP contribution in [0.15, 0.2) is 29.2 Å². The standard InChI is InChI=1S/C23H34N2O5S/c1-16-13-25(17(2)15-26)31(28,29)23-11-10-20(19-8-6-5-7-9-19)12-21(23)30-22(16)14-24(4)18(3)27/h8,10-12,16-17,22,26H,5-7,9,13-15H2,1-4H3/t16-,17-,22-/m0/s1. The number of sulfonamides is 1. The molecule has 8 heteroatoms. The van der Waals surface area contributed by atoms with Crippen LogP contribution in [0.2, 0.25) is 0 Å². The molecule has 1 heterocycles. The first-order chi connectivity index (χ1) is 14.6. The summed E-state index contributed by atoms with van der Waals surface area (Å²) in [5.41, 5.74) is 2.19. The van der Waals surface area contributed by atoms with E-state index in [2.05, 4.69) is 6.08 Å². The number of benzene rings is 1. The Hall–Kier alpha value is -1.90. The fourth-order valence-electron chi connectivity index (χ4n) is 4.14. The third-order valence-corrected chi connectivity index (χ3v) is 8.34. The summed E-state index contributed by atoms with van der Waals surface area (Å²) in [6, 6.07) is 4.73. The maximum atomic E-state index is 13.5. The van der Waals surface area contributed by atoms with E-state index in [1.165, 1.54) is 23.2 Å². The summed E-state index contributed by atoms with van der Waals surface area (Å²) in [4.78, 5) is 13.5. The van der Waals surface area contributed by atoms with Gasteiger partial charge in [-0.2, -0.15) is 4.31 Å². The Labute approximate surface area is 185 Å². The third kappa shape index (κ3) is 5.13. The van der Waals surface area contributed by atoms with Crippen LogP contribution in [-0.2, 0) is 14.8 Å². The van der Waals surface area contributed by atoms with Crippen molar-refractivity contribution in [2.45, 2.75) is 63.5 Å². The second kappa shape index (κ2) is 9.71. The number of amides is 1. The van der Waals surface area contributed by atoms with Crippen LogP contribution in [0.5, 0.6) is 5.75 Å². The molecule has 1 aliphatic carbocycles. The normalized spacial score (nSPS) is 24.7. The molecule has 0 unspecified atom stereocenters. The number of aliphatic hydroxyl groups is 1. The van der Waals surface area contributed by atoms with Crippen LogP contribution in [-0.4, -0.2) is 67.5 Å². The van der Waals surface area contributed by atoms with Gasteiger partial charge < -0.3 is 14.7 Å². The van der Waals surface area contributed by atoms with Gasteiger partial charge in [-0.25, -0.2) is 8.42 Å². The Balaban J connectivity index is 2.09. The molecule has 1 aliphatic heterocycles. The van der Waals surface area contributed by atoms with E-state index < -0.39 is 16.1 Å². The summed E-state index contributed by atoms with van der Waals surface area (Å²) in [6.07, 6.45) is 6.11. The zero-order valence-corrected chi connectivity index (χ0v) is 19.7. The van der Waals surface area contributed by atoms with Gasteiger partial charge in [-0.1, -0.05) is 19.1 Å². The number of hydrogen-bond donors (Lipinski definition) is 1. The summed E-state index contributed by atoms with van der Waals surface area (Å²) < 4.78 is 34.7. The van der Waals surface area contributed by atoms with Crippen molar-refractivity contribution in [3.8, 4) is 5.75 Å². The van der Waals surface area contributed by atoms with Gasteiger partial charge in [-0.3, -0.25) is 4.79 Å². The molecular weight excluding hydrogens is 416 g/mol. The van der Waals surface area contributed by atoms with Gasteiger partial charge in [0, 0.05) is 32.5 Å². The summed E-state index contributed by atoms with van der Waals surface area (Å²) in [7, 11) is -2.14. The predicted molar refractivity (Wildman–Crippen MR) is 120 cm³/mol. The fraction of sp³-hybridized carbons (Fsp3) is 0.609. The largest absolute Gasteiger partial charge is 0.487 e. The highest BCUT2D eigenvalue weighted by Gasteiger charge is 2.38. The number of rotatable bonds is 5. The number of carbonyl (C=O) groups is 1. The van der Waals surface area contributed by atoms with Crippen molar-refractivity contribution in [2.75, 3.05) is 26.7 Å². The highest BCUT2D eigenvalue weighted by atomic mass is 32.2. The third-order valence-electron chi connectivity index (χ3n) is 6.32. The number of hydrogen-bond acceptors (Lipinski definition) is 5. The van der Waals surface area contributed by atoms with E-state index in [1.54, 1.807) is 24.9 Å². The first kappa shape index (κ1) is 23.8. The van der Waals surface area contributed by atoms with Gasteiger partial charge in [-0.05, 0) is 55.9 Å². The first-order valence-corrected chi connectivity index (χ1v) is 12.4. The average molecular weight is 451 g/mol. The lowest BCUT2D eigenvalue weighted by atomic mass is 9.93. The maximum absolute atomic E-state index is 13.5. The summed E-state index contributed by atoms with van der Waals surface area (Å²) in [5.74, 6) is 0.0521. The SMILES string of the molecule is CC(=O)N(C)C[C@@H]1Oc2cc(C3=CCCCC3)ccc2S(=O)(=O)N([C@@H](C)CO)C[C@@H]1C. The molecular formula is C23H34N2O5S. The van der Waals surface area contributed by atoms with E-state index in [1.807, 2.05) is 19.1 Å². The van der Waals surface area contributed by atoms with Crippen molar-refractivity contribution in [1.29, 1.82) is 0 Å². The van der Waals surface area contributed by atoms with E-state index >= 15 is 0 Å². The van der Waals surface area contributed by atoms with E-state index in [9.17, 15) is 18.3 Å². The molecule has 1 aromatic rings. The molecule has 0 saturated heterocycles. The Morgan fingerprint density at radius 3 is 2.71 bits per heavy atom. The van der Waals surface area contributed by atoms with Gasteiger partial charge in [0.05, 0.1) is 13.2 Å². The highest BCUT2D eigenvalue weighted by molar-refractivity contribution is 7.89. The van der Waals surface area contributed by atoms with Gasteiger partial charge in [-0.15, -0.1) is 0 Å². The smallest absolute Gasteiger partial charge is 0.247 e. The molecule has 7 nitrogen and oxygen atoms in total. The maximum Gasteiger partial charge on any atom is 0.247 e. The van der Waals surface area contributed by atoms with Gasteiger partial charge in [0.2, 0.25) is 15.9 Å². The number of ether oxygens (including phenoxy) is 1. The molecule has 31 heavy (non-hydrogen) atoms. The van der Waals surface area contributed by atoms with Crippen LogP contribution in [0.25, 0.3) is 5.57 Å². The number of fused-ring (bicyclic) bond motifs is 1. The number of allylic oxidation sites excluding steroid dienone is 2. The Bertz CT molecular complexity index is 943. The first-order valence-electron chi connectivity index (χ1n) is 11.0. The van der Waals surface area contributed by atoms with Crippen molar-refractivity contribution in [3.05, 3.63) is 29.8 Å². The Morgan fingerprint density at radius 1 is 1.35 bits per heavy atom. The lowest BCUT2D eigenvalue weighted by Gasteiger charge is -2.37. The van der Waals surface area contributed by atoms with Crippen LogP contribution in [0.4, 0.5) is 0 Å². The van der Waals surface area contributed by atoms with Crippen LogP contribution in [0, 0.1) is 5.92 Å². The van der Waals surface area contributed by atoms with Crippen molar-refractivity contribution < 1.29 is 23.1 Å². The van der Waals surface area contributed by atoms with E-state index in [-0.39, 0.29) is 36.0 Å². The molecule has 1 aromatic carbocycles. The number of aliphatic hydroxyl groups excluding tert-OH is 1. The molecule has 1 amide bonds. The van der Waals surface area contributed by atoms with Gasteiger partial charge in [0.1, 0.15) is 16.7 Å². The van der Waals surface area contributed by atoms with Crippen molar-refractivity contribution in [1.82, 2.24) is 9.21 Å². The lowest BCUT2D eigenvalue weighted by Crippen LogP contribution is -2.50. The van der Waals surface area contributed by atoms with Crippen molar-refractivity contribution in [3.63, 3.8) is 0 Å². The van der Waals surface area contributed by atoms with Crippen molar-refractivity contribution >= 4 is 21.5 Å². The van der Waals surface area contributed by atoms with Crippen LogP contribution < -0.4 is 4.74 Å². The van der Waals surface area contributed by atoms with Gasteiger partial charge >= 0.3 is 0 Å². The topological polar surface area (TPSA) is 87.2 Å². The minimum absolute atomic E-state index is 0.0765. The molecule has 0 saturated carbocycles. The summed E-state index contributed by atoms with van der Waals surface area (Å²) in [5, 5.41) is 9.72. The molecule has 3 atom stereocenters. The van der Waals surface area contributed by atoms with Crippen LogP contribution in [0.1, 0.15) is 52.0 Å². The number of likely N-dealkylation sites (N-methyl/N-ethyl adjacent to an activating group) is 1. The second-order valence-corrected chi connectivity index (χ2v) is 10.6. The van der Waals surface area contributed by atoms with E-state index in [0.717, 1.165) is 24.8 Å². The zero-order valence-electron chi connectivity index (χ0n) is 18.9. The fourth-order valence-corrected chi connectivity index (χ4v) is 5.97. The predicted octanol–water partition coefficient (Wildman–Crippen LogP) is 2.89. The molecule has 2 aliphatic rings. The molecule has 1 N–H and O–H groups in total. The number of carbonyl (C=O) groups excluding carboxylic acids is 1. The minimum Gasteiger partial charge on any atom is -0.487 e. The monoisotopic (exact) mass is 450 g/mol. The Kier molecular flexibility index (Phi) is 7.44. The minimum atomic E-state index is -3.85. The average Bonchev–Trinajstić information content (AvgIpc) is 2.75. The summed E-state index contributed by atoms with van der Waals surface area (Å²) >= 11 is 0. The molecule has 0 aromatic heterocycles. The molecule has 0 radical (unpaired) electrons. The van der Waals surface area contributed by atoms with Gasteiger partial charge in [0.25, 0.3) is 0 Å². The van der Waals surface area contributed by atoms with Crippen LogP contribution in [0.3, 0.4) is 0 Å². The molecule has 0 spiro atoms. The van der Waals surface area contributed by atoms with Crippen LogP contribution >= 0.6 is 0 Å². The summed E-state index contributed by atoms with van der Waals surface area (Å²) in [6.45, 7) is 5.40. The van der Waals surface area contributed by atoms with Gasteiger partial charge in [0.15, 0.2) is 0 Å². The number of nitrogens with zero attached hydrogens (tertiary/aromatic N) is 2. The lowest BCUT2D eigenvalue weighted by molar-refractivity contribution is -0.129. The molecule has 0 bridgehead atoms. The van der Waals surface area contributed by atoms with Crippen molar-refractivity contribution in [2.24, 2.45) is 5.92 Å². The zero-order chi connectivity index (χ0) is 22.8.